The van der Waals surface area contributed by atoms with Crippen LogP contribution in [0, 0.1) is 5.92 Å². The van der Waals surface area contributed by atoms with Gasteiger partial charge in [-0.05, 0) is 73.0 Å². The Bertz CT molecular complexity index is 289. The Balaban J connectivity index is 2.14. The first kappa shape index (κ1) is 17.4. The third-order valence-corrected chi connectivity index (χ3v) is 3.73. The summed E-state index contributed by atoms with van der Waals surface area (Å²) >= 11 is 0. The number of likely N-dealkylation sites (tertiary alicyclic amines) is 1. The van der Waals surface area contributed by atoms with Crippen molar-refractivity contribution in [2.45, 2.75) is 65.5 Å². The minimum Gasteiger partial charge on any atom is -0.354 e. The van der Waals surface area contributed by atoms with E-state index < -0.39 is 0 Å². The zero-order valence-corrected chi connectivity index (χ0v) is 14.0. The maximum atomic E-state index is 11.6. The van der Waals surface area contributed by atoms with Gasteiger partial charge < -0.3 is 15.5 Å². The van der Waals surface area contributed by atoms with Gasteiger partial charge in [-0.25, -0.2) is 0 Å². The van der Waals surface area contributed by atoms with Gasteiger partial charge in [-0.15, -0.1) is 0 Å². The molecule has 0 atom stereocenters. The molecule has 0 aromatic rings. The fourth-order valence-electron chi connectivity index (χ4n) is 2.52. The second-order valence-corrected chi connectivity index (χ2v) is 7.39. The van der Waals surface area contributed by atoms with Crippen molar-refractivity contribution in [2.75, 3.05) is 26.2 Å². The van der Waals surface area contributed by atoms with E-state index in [0.29, 0.717) is 6.42 Å². The molecule has 1 aliphatic heterocycles. The Hall–Kier alpha value is -0.610. The van der Waals surface area contributed by atoms with Crippen molar-refractivity contribution in [1.82, 2.24) is 15.5 Å². The highest BCUT2D eigenvalue weighted by Gasteiger charge is 2.21. The van der Waals surface area contributed by atoms with Gasteiger partial charge >= 0.3 is 0 Å². The van der Waals surface area contributed by atoms with E-state index in [1.807, 2.05) is 13.8 Å². The molecule has 0 radical (unpaired) electrons. The number of amides is 1. The van der Waals surface area contributed by atoms with Crippen LogP contribution < -0.4 is 10.6 Å². The van der Waals surface area contributed by atoms with Crippen molar-refractivity contribution < 1.29 is 4.79 Å². The number of hydrogen-bond donors (Lipinski definition) is 2. The molecule has 4 nitrogen and oxygen atoms in total. The molecule has 0 bridgehead atoms. The molecule has 2 N–H and O–H groups in total. The molecule has 1 rings (SSSR count). The summed E-state index contributed by atoms with van der Waals surface area (Å²) in [5, 5.41) is 6.55. The van der Waals surface area contributed by atoms with E-state index in [-0.39, 0.29) is 17.5 Å². The van der Waals surface area contributed by atoms with Crippen LogP contribution in [0.4, 0.5) is 0 Å². The maximum Gasteiger partial charge on any atom is 0.221 e. The second-order valence-electron chi connectivity index (χ2n) is 7.39. The lowest BCUT2D eigenvalue weighted by atomic mass is 9.95. The highest BCUT2D eigenvalue weighted by molar-refractivity contribution is 5.76. The molecule has 0 unspecified atom stereocenters. The van der Waals surface area contributed by atoms with Crippen molar-refractivity contribution in [2.24, 2.45) is 5.92 Å². The van der Waals surface area contributed by atoms with Crippen molar-refractivity contribution >= 4 is 5.91 Å². The minimum atomic E-state index is 0.177. The molecular weight excluding hydrogens is 250 g/mol. The minimum absolute atomic E-state index is 0.177. The molecule has 1 fully saturated rings. The van der Waals surface area contributed by atoms with Gasteiger partial charge in [0.15, 0.2) is 0 Å². The highest BCUT2D eigenvalue weighted by Crippen LogP contribution is 2.17. The predicted octanol–water partition coefficient (Wildman–Crippen LogP) is 2.00. The zero-order chi connectivity index (χ0) is 15.2. The van der Waals surface area contributed by atoms with Crippen LogP contribution in [0.1, 0.15) is 53.9 Å². The van der Waals surface area contributed by atoms with E-state index in [9.17, 15) is 4.79 Å². The van der Waals surface area contributed by atoms with E-state index in [1.165, 1.54) is 12.8 Å². The topological polar surface area (TPSA) is 44.4 Å². The lowest BCUT2D eigenvalue weighted by Crippen LogP contribution is -2.43. The zero-order valence-electron chi connectivity index (χ0n) is 14.0. The Kier molecular flexibility index (Phi) is 6.96. The summed E-state index contributed by atoms with van der Waals surface area (Å²) in [4.78, 5) is 14.0. The molecule has 4 heteroatoms. The van der Waals surface area contributed by atoms with Crippen molar-refractivity contribution in [3.8, 4) is 0 Å². The van der Waals surface area contributed by atoms with Crippen LogP contribution in [0.25, 0.3) is 0 Å². The molecule has 1 heterocycles. The molecule has 1 aliphatic rings. The summed E-state index contributed by atoms with van der Waals surface area (Å²) in [5.74, 6) is 0.964. The number of carbonyl (C=O) groups is 1. The smallest absolute Gasteiger partial charge is 0.221 e. The number of nitrogens with one attached hydrogen (secondary N) is 2. The van der Waals surface area contributed by atoms with Crippen LogP contribution in [-0.4, -0.2) is 48.6 Å². The van der Waals surface area contributed by atoms with Crippen LogP contribution in [0.3, 0.4) is 0 Å². The fraction of sp³-hybridized carbons (Fsp3) is 0.938. The van der Waals surface area contributed by atoms with Crippen molar-refractivity contribution in [1.29, 1.82) is 0 Å². The second kappa shape index (κ2) is 7.99. The molecule has 1 amide bonds. The SMILES string of the molecule is CC(C)NC(=O)CCN1CCC(CNC(C)(C)C)CC1. The Morgan fingerprint density at radius 1 is 1.25 bits per heavy atom. The number of piperidine rings is 1. The molecule has 118 valence electrons. The van der Waals surface area contributed by atoms with Gasteiger partial charge in [0.05, 0.1) is 0 Å². The molecule has 20 heavy (non-hydrogen) atoms. The van der Waals surface area contributed by atoms with Gasteiger partial charge in [0.25, 0.3) is 0 Å². The van der Waals surface area contributed by atoms with Crippen LogP contribution in [-0.2, 0) is 4.79 Å². The standard InChI is InChI=1S/C16H33N3O/c1-13(2)18-15(20)8-11-19-9-6-14(7-10-19)12-17-16(3,4)5/h13-14,17H,6-12H2,1-5H3,(H,18,20). The monoisotopic (exact) mass is 283 g/mol. The quantitative estimate of drug-likeness (QED) is 0.784. The Morgan fingerprint density at radius 3 is 2.35 bits per heavy atom. The summed E-state index contributed by atoms with van der Waals surface area (Å²) in [6.45, 7) is 14.9. The first-order chi connectivity index (χ1) is 9.26. The molecule has 0 aliphatic carbocycles. The van der Waals surface area contributed by atoms with Crippen LogP contribution in [0.5, 0.6) is 0 Å². The predicted molar refractivity (Wildman–Crippen MR) is 84.8 cm³/mol. The molecule has 0 aromatic carbocycles. The van der Waals surface area contributed by atoms with E-state index in [0.717, 1.165) is 32.1 Å². The average Bonchev–Trinajstić information content (AvgIpc) is 2.33. The summed E-state index contributed by atoms with van der Waals surface area (Å²) in [7, 11) is 0. The Morgan fingerprint density at radius 2 is 1.85 bits per heavy atom. The summed E-state index contributed by atoms with van der Waals surface area (Å²) in [6, 6.07) is 0.247. The normalized spacial score (nSPS) is 18.5. The summed E-state index contributed by atoms with van der Waals surface area (Å²) in [5.41, 5.74) is 0.214. The van der Waals surface area contributed by atoms with Gasteiger partial charge in [-0.1, -0.05) is 0 Å². The number of carbonyl (C=O) groups excluding carboxylic acids is 1. The number of hydrogen-bond acceptors (Lipinski definition) is 3. The third-order valence-electron chi connectivity index (χ3n) is 3.73. The molecular formula is C16H33N3O. The van der Waals surface area contributed by atoms with E-state index in [4.69, 9.17) is 0 Å². The van der Waals surface area contributed by atoms with E-state index >= 15 is 0 Å². The molecule has 0 aromatic heterocycles. The van der Waals surface area contributed by atoms with E-state index in [1.54, 1.807) is 0 Å². The van der Waals surface area contributed by atoms with Crippen molar-refractivity contribution in [3.63, 3.8) is 0 Å². The van der Waals surface area contributed by atoms with E-state index in [2.05, 4.69) is 36.3 Å². The van der Waals surface area contributed by atoms with Crippen molar-refractivity contribution in [3.05, 3.63) is 0 Å². The molecule has 0 saturated carbocycles. The van der Waals surface area contributed by atoms with Gasteiger partial charge in [-0.3, -0.25) is 4.79 Å². The first-order valence-electron chi connectivity index (χ1n) is 8.03. The van der Waals surface area contributed by atoms with Gasteiger partial charge in [0.2, 0.25) is 5.91 Å². The molecule has 1 saturated heterocycles. The Labute approximate surface area is 124 Å². The number of rotatable bonds is 6. The first-order valence-corrected chi connectivity index (χ1v) is 8.03. The van der Waals surface area contributed by atoms with Gasteiger partial charge in [0.1, 0.15) is 0 Å². The fourth-order valence-corrected chi connectivity index (χ4v) is 2.52. The lowest BCUT2D eigenvalue weighted by molar-refractivity contribution is -0.122. The lowest BCUT2D eigenvalue weighted by Gasteiger charge is -2.33. The molecule has 0 spiro atoms. The third kappa shape index (κ3) is 7.85. The highest BCUT2D eigenvalue weighted by atomic mass is 16.1. The van der Waals surface area contributed by atoms with Crippen LogP contribution in [0.15, 0.2) is 0 Å². The van der Waals surface area contributed by atoms with Gasteiger partial charge in [-0.2, -0.15) is 0 Å². The van der Waals surface area contributed by atoms with Gasteiger partial charge in [0, 0.05) is 24.5 Å². The largest absolute Gasteiger partial charge is 0.354 e. The maximum absolute atomic E-state index is 11.6. The van der Waals surface area contributed by atoms with Crippen LogP contribution in [0.2, 0.25) is 0 Å². The number of nitrogens with zero attached hydrogens (tertiary/aromatic N) is 1. The van der Waals surface area contributed by atoms with Crippen LogP contribution >= 0.6 is 0 Å². The summed E-state index contributed by atoms with van der Waals surface area (Å²) in [6.07, 6.45) is 3.12. The average molecular weight is 283 g/mol. The summed E-state index contributed by atoms with van der Waals surface area (Å²) < 4.78 is 0.